The lowest BCUT2D eigenvalue weighted by Gasteiger charge is -2.26. The fourth-order valence-corrected chi connectivity index (χ4v) is 2.50. The third kappa shape index (κ3) is 11.6. The fourth-order valence-electron chi connectivity index (χ4n) is 2.50. The molecule has 0 aliphatic heterocycles. The number of carbonyl (C=O) groups excluding carboxylic acids is 2. The molecule has 8 heteroatoms. The average molecular weight is 403 g/mol. The minimum absolute atomic E-state index is 0.118. The number of carbonyl (C=O) groups is 2. The number of amides is 1. The predicted octanol–water partition coefficient (Wildman–Crippen LogP) is 3.52. The highest BCUT2D eigenvalue weighted by molar-refractivity contribution is 5.90. The van der Waals surface area contributed by atoms with Crippen LogP contribution < -0.4 is 10.4 Å². The van der Waals surface area contributed by atoms with Gasteiger partial charge in [0, 0.05) is 18.2 Å². The van der Waals surface area contributed by atoms with Crippen LogP contribution in [0, 0.1) is 6.92 Å². The number of nitrogens with zero attached hydrogens (tertiary/aromatic N) is 1. The number of aliphatic carboxylic acids is 1. The number of aryl methyl sites for hydroxylation is 1. The van der Waals surface area contributed by atoms with Gasteiger partial charge in [0.25, 0.3) is 0 Å². The number of unbranched alkanes of at least 4 members (excludes halogenated alkanes) is 1. The summed E-state index contributed by atoms with van der Waals surface area (Å²) >= 11 is 0. The normalized spacial score (nSPS) is 12.1. The summed E-state index contributed by atoms with van der Waals surface area (Å²) in [6.45, 7) is 10.9. The standard InChI is InChI=1S/C18H30N2O.C2HF3O2/c1-5-16(4)20(6-2)13-8-7-12-18(21)19-17-11-9-10-15(3)14-17;3-2(4,5)1(6)7/h9-11,14,16H,5-8,12-13H2,1-4H3,(H,19,21);(H,6,7)/p-1. The summed E-state index contributed by atoms with van der Waals surface area (Å²) in [5, 5.41) is 11.8. The van der Waals surface area contributed by atoms with Crippen LogP contribution in [-0.2, 0) is 9.59 Å². The molecule has 1 N–H and O–H groups in total. The molecule has 0 aromatic heterocycles. The molecule has 0 bridgehead atoms. The van der Waals surface area contributed by atoms with E-state index in [9.17, 15) is 18.0 Å². The van der Waals surface area contributed by atoms with E-state index < -0.39 is 12.1 Å². The molecular weight excluding hydrogens is 373 g/mol. The SMILES string of the molecule is CCC(C)N(CC)CCCCC(=O)Nc1cccc(C)c1.O=C([O-])C(F)(F)F. The zero-order valence-electron chi connectivity index (χ0n) is 16.9. The topological polar surface area (TPSA) is 72.5 Å². The first-order valence-corrected chi connectivity index (χ1v) is 9.39. The Morgan fingerprint density at radius 1 is 1.21 bits per heavy atom. The van der Waals surface area contributed by atoms with Gasteiger partial charge in [-0.15, -0.1) is 0 Å². The summed E-state index contributed by atoms with van der Waals surface area (Å²) in [6, 6.07) is 8.57. The van der Waals surface area contributed by atoms with Gasteiger partial charge in [-0.25, -0.2) is 0 Å². The molecule has 28 heavy (non-hydrogen) atoms. The second kappa shape index (κ2) is 13.1. The van der Waals surface area contributed by atoms with Crippen LogP contribution in [0.4, 0.5) is 18.9 Å². The Hall–Kier alpha value is -2.09. The molecule has 1 atom stereocenters. The van der Waals surface area contributed by atoms with E-state index in [2.05, 4.69) is 31.0 Å². The van der Waals surface area contributed by atoms with Crippen LogP contribution in [0.25, 0.3) is 0 Å². The van der Waals surface area contributed by atoms with Crippen molar-refractivity contribution in [2.75, 3.05) is 18.4 Å². The number of halogens is 3. The fraction of sp³-hybridized carbons (Fsp3) is 0.600. The van der Waals surface area contributed by atoms with Gasteiger partial charge < -0.3 is 20.1 Å². The van der Waals surface area contributed by atoms with Gasteiger partial charge >= 0.3 is 6.18 Å². The van der Waals surface area contributed by atoms with Gasteiger partial charge in [-0.1, -0.05) is 26.0 Å². The van der Waals surface area contributed by atoms with E-state index >= 15 is 0 Å². The molecule has 0 fully saturated rings. The average Bonchev–Trinajstić information content (AvgIpc) is 2.61. The van der Waals surface area contributed by atoms with Crippen molar-refractivity contribution in [3.63, 3.8) is 0 Å². The highest BCUT2D eigenvalue weighted by atomic mass is 19.4. The van der Waals surface area contributed by atoms with Crippen LogP contribution in [0.15, 0.2) is 24.3 Å². The van der Waals surface area contributed by atoms with Crippen molar-refractivity contribution in [1.29, 1.82) is 0 Å². The number of alkyl halides is 3. The summed E-state index contributed by atoms with van der Waals surface area (Å²) in [5.74, 6) is -2.89. The lowest BCUT2D eigenvalue weighted by atomic mass is 10.1. The maximum absolute atomic E-state index is 11.9. The molecule has 1 amide bonds. The van der Waals surface area contributed by atoms with Crippen molar-refractivity contribution in [1.82, 2.24) is 4.90 Å². The molecule has 0 spiro atoms. The number of rotatable bonds is 9. The van der Waals surface area contributed by atoms with Crippen LogP contribution in [0.1, 0.15) is 52.0 Å². The molecule has 1 unspecified atom stereocenters. The zero-order valence-corrected chi connectivity index (χ0v) is 16.9. The smallest absolute Gasteiger partial charge is 0.430 e. The molecule has 0 saturated carbocycles. The predicted molar refractivity (Wildman–Crippen MR) is 102 cm³/mol. The minimum atomic E-state index is -5.19. The summed E-state index contributed by atoms with van der Waals surface area (Å²) in [4.78, 5) is 23.2. The number of anilines is 1. The van der Waals surface area contributed by atoms with Crippen LogP contribution >= 0.6 is 0 Å². The van der Waals surface area contributed by atoms with E-state index in [4.69, 9.17) is 9.90 Å². The van der Waals surface area contributed by atoms with Crippen molar-refractivity contribution in [3.8, 4) is 0 Å². The third-order valence-electron chi connectivity index (χ3n) is 4.25. The van der Waals surface area contributed by atoms with Gasteiger partial charge in [-0.05, 0) is 63.9 Å². The van der Waals surface area contributed by atoms with Gasteiger partial charge in [-0.2, -0.15) is 13.2 Å². The highest BCUT2D eigenvalue weighted by Crippen LogP contribution is 2.12. The molecular formula is C20H30F3N2O3-. The molecule has 0 aliphatic carbocycles. The Bertz CT molecular complexity index is 607. The van der Waals surface area contributed by atoms with E-state index in [1.807, 2.05) is 31.2 Å². The Morgan fingerprint density at radius 3 is 2.29 bits per heavy atom. The highest BCUT2D eigenvalue weighted by Gasteiger charge is 2.28. The Kier molecular flexibility index (Phi) is 12.2. The zero-order chi connectivity index (χ0) is 21.7. The van der Waals surface area contributed by atoms with Crippen molar-refractivity contribution in [2.24, 2.45) is 0 Å². The largest absolute Gasteiger partial charge is 0.542 e. The molecule has 160 valence electrons. The van der Waals surface area contributed by atoms with Gasteiger partial charge in [0.1, 0.15) is 5.97 Å². The van der Waals surface area contributed by atoms with E-state index in [1.165, 1.54) is 12.0 Å². The molecule has 1 rings (SSSR count). The molecule has 0 radical (unpaired) electrons. The van der Waals surface area contributed by atoms with Gasteiger partial charge in [0.05, 0.1) is 0 Å². The van der Waals surface area contributed by atoms with Crippen molar-refractivity contribution < 1.29 is 27.9 Å². The second-order valence-electron chi connectivity index (χ2n) is 6.55. The summed E-state index contributed by atoms with van der Waals surface area (Å²) in [5.41, 5.74) is 2.06. The Labute approximate surface area is 164 Å². The number of nitrogens with one attached hydrogen (secondary N) is 1. The van der Waals surface area contributed by atoms with E-state index in [-0.39, 0.29) is 5.91 Å². The van der Waals surface area contributed by atoms with Crippen LogP contribution in [0.3, 0.4) is 0 Å². The van der Waals surface area contributed by atoms with E-state index in [0.29, 0.717) is 12.5 Å². The number of carboxylic acids is 1. The summed E-state index contributed by atoms with van der Waals surface area (Å²) in [6.07, 6.45) is -1.38. The third-order valence-corrected chi connectivity index (χ3v) is 4.25. The summed E-state index contributed by atoms with van der Waals surface area (Å²) in [7, 11) is 0. The van der Waals surface area contributed by atoms with Gasteiger partial charge in [0.2, 0.25) is 5.91 Å². The molecule has 0 saturated heterocycles. The first-order valence-electron chi connectivity index (χ1n) is 9.39. The second-order valence-corrected chi connectivity index (χ2v) is 6.55. The van der Waals surface area contributed by atoms with E-state index in [0.717, 1.165) is 31.6 Å². The molecule has 1 aromatic rings. The van der Waals surface area contributed by atoms with Crippen LogP contribution in [-0.4, -0.2) is 42.1 Å². The van der Waals surface area contributed by atoms with Gasteiger partial charge in [-0.3, -0.25) is 4.79 Å². The minimum Gasteiger partial charge on any atom is -0.542 e. The van der Waals surface area contributed by atoms with Crippen molar-refractivity contribution in [3.05, 3.63) is 29.8 Å². The quantitative estimate of drug-likeness (QED) is 0.641. The summed E-state index contributed by atoms with van der Waals surface area (Å²) < 4.78 is 31.5. The van der Waals surface area contributed by atoms with Gasteiger partial charge in [0.15, 0.2) is 0 Å². The van der Waals surface area contributed by atoms with E-state index in [1.54, 1.807) is 0 Å². The first kappa shape index (κ1) is 25.9. The molecule has 1 aromatic carbocycles. The number of benzene rings is 1. The lowest BCUT2D eigenvalue weighted by molar-refractivity contribution is -0.344. The monoisotopic (exact) mass is 403 g/mol. The number of hydrogen-bond acceptors (Lipinski definition) is 4. The number of hydrogen-bond donors (Lipinski definition) is 1. The maximum Gasteiger partial charge on any atom is 0.430 e. The lowest BCUT2D eigenvalue weighted by Crippen LogP contribution is -2.37. The van der Waals surface area contributed by atoms with Crippen molar-refractivity contribution in [2.45, 2.75) is 65.6 Å². The van der Waals surface area contributed by atoms with Crippen LogP contribution in [0.2, 0.25) is 0 Å². The molecule has 0 aliphatic rings. The molecule has 0 heterocycles. The number of carboxylic acid groups (broad SMARTS) is 1. The van der Waals surface area contributed by atoms with Crippen LogP contribution in [0.5, 0.6) is 0 Å². The maximum atomic E-state index is 11.9. The molecule has 5 nitrogen and oxygen atoms in total. The Balaban J connectivity index is 0.000000887. The first-order chi connectivity index (χ1) is 13.0. The van der Waals surface area contributed by atoms with Crippen molar-refractivity contribution >= 4 is 17.6 Å². The Morgan fingerprint density at radius 2 is 1.82 bits per heavy atom.